The van der Waals surface area contributed by atoms with Crippen molar-refractivity contribution in [2.24, 2.45) is 0 Å². The Morgan fingerprint density at radius 1 is 0.324 bits per heavy atom. The molecule has 0 atom stereocenters. The molecule has 13 aromatic rings. The third kappa shape index (κ3) is 5.66. The van der Waals surface area contributed by atoms with Gasteiger partial charge in [-0.15, -0.1) is 0 Å². The van der Waals surface area contributed by atoms with E-state index in [0.717, 1.165) is 38.8 Å². The van der Waals surface area contributed by atoms with Crippen molar-refractivity contribution < 1.29 is 0 Å². The van der Waals surface area contributed by atoms with Crippen molar-refractivity contribution in [1.82, 2.24) is 14.5 Å². The van der Waals surface area contributed by atoms with E-state index in [1.54, 1.807) is 0 Å². The average molecular weight is 864 g/mol. The van der Waals surface area contributed by atoms with E-state index in [1.807, 2.05) is 6.20 Å². The van der Waals surface area contributed by atoms with Crippen molar-refractivity contribution in [3.05, 3.63) is 271 Å². The zero-order chi connectivity index (χ0) is 44.8. The van der Waals surface area contributed by atoms with E-state index < -0.39 is 5.41 Å². The highest BCUT2D eigenvalue weighted by Crippen LogP contribution is 2.57. The molecule has 1 aliphatic rings. The van der Waals surface area contributed by atoms with Gasteiger partial charge in [-0.2, -0.15) is 0 Å². The minimum absolute atomic E-state index is 0.611. The van der Waals surface area contributed by atoms with E-state index in [4.69, 9.17) is 9.97 Å². The summed E-state index contributed by atoms with van der Waals surface area (Å²) >= 11 is 0. The molecule has 2 aromatic heterocycles. The summed E-state index contributed by atoms with van der Waals surface area (Å²) in [6.07, 6.45) is 1.96. The molecule has 0 aliphatic heterocycles. The van der Waals surface area contributed by atoms with Gasteiger partial charge in [0.05, 0.1) is 39.4 Å². The third-order valence-electron chi connectivity index (χ3n) is 14.5. The number of fused-ring (bicyclic) bond motifs is 12. The molecule has 3 nitrogen and oxygen atoms in total. The molecular formula is C65H41N3. The van der Waals surface area contributed by atoms with E-state index >= 15 is 0 Å². The summed E-state index contributed by atoms with van der Waals surface area (Å²) in [5.41, 5.74) is 18.8. The fraction of sp³-hybridized carbons (Fsp3) is 0.0154. The third-order valence-corrected chi connectivity index (χ3v) is 14.5. The van der Waals surface area contributed by atoms with Crippen LogP contribution in [0.4, 0.5) is 0 Å². The molecule has 3 heteroatoms. The Hall–Kier alpha value is -8.92. The zero-order valence-corrected chi connectivity index (χ0v) is 37.0. The molecular weight excluding hydrogens is 823 g/mol. The Balaban J connectivity index is 0.941. The molecule has 0 amide bonds. The number of hydrogen-bond donors (Lipinski definition) is 0. The SMILES string of the molecule is c1ccc(-n2c3ccccc3c3ccc(-c4cccc(-c5ccc6c(c5)C(c5ccccc5)(c5ccccc5)c5cc(-c7cnc8c9ccccc9c9ccccc9c8n7)ccc5-6)c4)cc32)cc1. The van der Waals surface area contributed by atoms with Crippen LogP contribution in [0.15, 0.2) is 249 Å². The van der Waals surface area contributed by atoms with Gasteiger partial charge in [0.1, 0.15) is 0 Å². The van der Waals surface area contributed by atoms with E-state index in [0.29, 0.717) is 0 Å². The molecule has 0 bridgehead atoms. The molecule has 316 valence electrons. The van der Waals surface area contributed by atoms with Crippen molar-refractivity contribution in [2.75, 3.05) is 0 Å². The Bertz CT molecular complexity index is 4060. The maximum absolute atomic E-state index is 5.46. The molecule has 2 heterocycles. The van der Waals surface area contributed by atoms with Gasteiger partial charge in [-0.05, 0) is 109 Å². The summed E-state index contributed by atoms with van der Waals surface area (Å²) in [6.45, 7) is 0. The topological polar surface area (TPSA) is 30.7 Å². The first-order valence-electron chi connectivity index (χ1n) is 23.4. The molecule has 0 saturated carbocycles. The summed E-state index contributed by atoms with van der Waals surface area (Å²) in [5, 5.41) is 7.11. The van der Waals surface area contributed by atoms with Gasteiger partial charge in [-0.1, -0.05) is 200 Å². The van der Waals surface area contributed by atoms with E-state index in [1.165, 1.54) is 88.2 Å². The Labute approximate surface area is 393 Å². The van der Waals surface area contributed by atoms with Gasteiger partial charge in [0, 0.05) is 32.8 Å². The standard InChI is InChI=1S/C65H41N3/c1-4-19-47(20-5-1)65(48-21-6-2-7-22-48)58-38-44(42-17-16-18-43(37-42)45-32-36-55-54-27-14-15-30-61(54)68(62(55)40-45)49-23-8-3-9-24-49)31-34-52(58)53-35-33-46(39-59(53)65)60-41-66-63-56-28-12-10-25-50(56)51-26-11-13-29-57(51)64(63)67-60/h1-41H. The van der Waals surface area contributed by atoms with E-state index in [9.17, 15) is 0 Å². The number of aromatic nitrogens is 3. The van der Waals surface area contributed by atoms with Crippen LogP contribution in [0.3, 0.4) is 0 Å². The quantitative estimate of drug-likeness (QED) is 0.156. The van der Waals surface area contributed by atoms with Crippen LogP contribution in [0, 0.1) is 0 Å². The summed E-state index contributed by atoms with van der Waals surface area (Å²) in [4.78, 5) is 10.6. The average Bonchev–Trinajstić information content (AvgIpc) is 3.91. The van der Waals surface area contributed by atoms with Crippen LogP contribution in [-0.2, 0) is 5.41 Å². The molecule has 0 spiro atoms. The summed E-state index contributed by atoms with van der Waals surface area (Å²) in [6, 6.07) is 88.7. The van der Waals surface area contributed by atoms with Crippen molar-refractivity contribution in [2.45, 2.75) is 5.41 Å². The van der Waals surface area contributed by atoms with Crippen molar-refractivity contribution >= 4 is 54.4 Å². The lowest BCUT2D eigenvalue weighted by Gasteiger charge is -2.34. The lowest BCUT2D eigenvalue weighted by molar-refractivity contribution is 0.769. The lowest BCUT2D eigenvalue weighted by atomic mass is 9.67. The van der Waals surface area contributed by atoms with Crippen LogP contribution >= 0.6 is 0 Å². The van der Waals surface area contributed by atoms with Gasteiger partial charge in [0.2, 0.25) is 0 Å². The monoisotopic (exact) mass is 863 g/mol. The molecule has 0 fully saturated rings. The second-order valence-electron chi connectivity index (χ2n) is 18.0. The molecule has 0 N–H and O–H groups in total. The predicted molar refractivity (Wildman–Crippen MR) is 283 cm³/mol. The minimum atomic E-state index is -0.611. The highest BCUT2D eigenvalue weighted by molar-refractivity contribution is 6.23. The fourth-order valence-electron chi connectivity index (χ4n) is 11.5. The first-order valence-corrected chi connectivity index (χ1v) is 23.4. The van der Waals surface area contributed by atoms with Gasteiger partial charge >= 0.3 is 0 Å². The largest absolute Gasteiger partial charge is 0.309 e. The van der Waals surface area contributed by atoms with Crippen LogP contribution in [0.1, 0.15) is 22.3 Å². The number of para-hydroxylation sites is 2. The van der Waals surface area contributed by atoms with E-state index in [2.05, 4.69) is 247 Å². The molecule has 0 radical (unpaired) electrons. The van der Waals surface area contributed by atoms with E-state index in [-0.39, 0.29) is 0 Å². The minimum Gasteiger partial charge on any atom is -0.309 e. The Morgan fingerprint density at radius 2 is 0.809 bits per heavy atom. The molecule has 68 heavy (non-hydrogen) atoms. The number of rotatable bonds is 6. The van der Waals surface area contributed by atoms with Crippen molar-refractivity contribution in [3.63, 3.8) is 0 Å². The van der Waals surface area contributed by atoms with Gasteiger partial charge < -0.3 is 4.57 Å². The Kier molecular flexibility index (Phi) is 8.50. The first kappa shape index (κ1) is 38.4. The predicted octanol–water partition coefficient (Wildman–Crippen LogP) is 16.4. The van der Waals surface area contributed by atoms with Crippen LogP contribution in [0.2, 0.25) is 0 Å². The second kappa shape index (κ2) is 15.1. The van der Waals surface area contributed by atoms with Crippen LogP contribution < -0.4 is 0 Å². The molecule has 11 aromatic carbocycles. The molecule has 1 aliphatic carbocycles. The molecule has 0 saturated heterocycles. The van der Waals surface area contributed by atoms with Crippen LogP contribution in [-0.4, -0.2) is 14.5 Å². The van der Waals surface area contributed by atoms with Crippen LogP contribution in [0.25, 0.3) is 105 Å². The fourth-order valence-corrected chi connectivity index (χ4v) is 11.5. The first-order chi connectivity index (χ1) is 33.7. The Morgan fingerprint density at radius 3 is 1.47 bits per heavy atom. The smallest absolute Gasteiger partial charge is 0.0979 e. The molecule has 14 rings (SSSR count). The number of hydrogen-bond acceptors (Lipinski definition) is 2. The van der Waals surface area contributed by atoms with Gasteiger partial charge in [-0.25, -0.2) is 4.98 Å². The highest BCUT2D eigenvalue weighted by Gasteiger charge is 2.46. The van der Waals surface area contributed by atoms with Gasteiger partial charge in [0.15, 0.2) is 0 Å². The summed E-state index contributed by atoms with van der Waals surface area (Å²) < 4.78 is 2.39. The number of benzene rings is 11. The number of nitrogens with zero attached hydrogens (tertiary/aromatic N) is 3. The van der Waals surface area contributed by atoms with Gasteiger partial charge in [-0.3, -0.25) is 4.98 Å². The maximum Gasteiger partial charge on any atom is 0.0979 e. The maximum atomic E-state index is 5.46. The van der Waals surface area contributed by atoms with Crippen LogP contribution in [0.5, 0.6) is 0 Å². The molecule has 0 unspecified atom stereocenters. The second-order valence-corrected chi connectivity index (χ2v) is 18.0. The van der Waals surface area contributed by atoms with Crippen molar-refractivity contribution in [3.8, 4) is 50.3 Å². The van der Waals surface area contributed by atoms with Crippen molar-refractivity contribution in [1.29, 1.82) is 0 Å². The van der Waals surface area contributed by atoms with Gasteiger partial charge in [0.25, 0.3) is 0 Å². The zero-order valence-electron chi connectivity index (χ0n) is 37.0. The highest BCUT2D eigenvalue weighted by atomic mass is 15.0. The summed E-state index contributed by atoms with van der Waals surface area (Å²) in [5.74, 6) is 0. The normalized spacial score (nSPS) is 12.8. The lowest BCUT2D eigenvalue weighted by Crippen LogP contribution is -2.28. The summed E-state index contributed by atoms with van der Waals surface area (Å²) in [7, 11) is 0.